The van der Waals surface area contributed by atoms with Crippen LogP contribution in [0.1, 0.15) is 17.2 Å². The van der Waals surface area contributed by atoms with Gasteiger partial charge in [0.25, 0.3) is 0 Å². The molecule has 0 aliphatic heterocycles. The summed E-state index contributed by atoms with van der Waals surface area (Å²) in [5.41, 5.74) is 2.73. The van der Waals surface area contributed by atoms with E-state index in [1.807, 2.05) is 0 Å². The van der Waals surface area contributed by atoms with Gasteiger partial charge in [-0.05, 0) is 31.6 Å². The first-order valence-electron chi connectivity index (χ1n) is 7.22. The second kappa shape index (κ2) is 7.83. The molecule has 1 atom stereocenters. The average Bonchev–Trinajstić information content (AvgIpc) is 2.48. The van der Waals surface area contributed by atoms with Gasteiger partial charge in [-0.1, -0.05) is 60.7 Å². The van der Waals surface area contributed by atoms with Gasteiger partial charge in [-0.15, -0.1) is 0 Å². The third-order valence-electron chi connectivity index (χ3n) is 3.43. The lowest BCUT2D eigenvalue weighted by molar-refractivity contribution is 0.384. The van der Waals surface area contributed by atoms with E-state index >= 15 is 0 Å². The lowest BCUT2D eigenvalue weighted by Gasteiger charge is -2.21. The fourth-order valence-electron chi connectivity index (χ4n) is 2.31. The molecule has 0 aliphatic carbocycles. The van der Waals surface area contributed by atoms with Crippen LogP contribution in [0.5, 0.6) is 0 Å². The van der Waals surface area contributed by atoms with Gasteiger partial charge in [0.15, 0.2) is 0 Å². The van der Waals surface area contributed by atoms with Crippen LogP contribution in [0.25, 0.3) is 0 Å². The van der Waals surface area contributed by atoms with Crippen molar-refractivity contribution < 1.29 is 0 Å². The van der Waals surface area contributed by atoms with E-state index in [0.29, 0.717) is 6.04 Å². The van der Waals surface area contributed by atoms with Crippen LogP contribution in [-0.2, 0) is 6.42 Å². The van der Waals surface area contributed by atoms with E-state index in [9.17, 15) is 0 Å². The zero-order chi connectivity index (χ0) is 14.2. The molecule has 2 heteroatoms. The quantitative estimate of drug-likeness (QED) is 0.830. The van der Waals surface area contributed by atoms with Gasteiger partial charge >= 0.3 is 0 Å². The molecule has 1 N–H and O–H groups in total. The van der Waals surface area contributed by atoms with Gasteiger partial charge in [-0.3, -0.25) is 0 Å². The van der Waals surface area contributed by atoms with Crippen LogP contribution in [0.15, 0.2) is 60.7 Å². The molecule has 106 valence electrons. The molecular weight excluding hydrogens is 244 g/mol. The van der Waals surface area contributed by atoms with Gasteiger partial charge in [0.1, 0.15) is 0 Å². The largest absolute Gasteiger partial charge is 0.308 e. The molecule has 20 heavy (non-hydrogen) atoms. The molecule has 0 bridgehead atoms. The molecule has 0 saturated heterocycles. The van der Waals surface area contributed by atoms with Crippen LogP contribution in [0.3, 0.4) is 0 Å². The zero-order valence-electron chi connectivity index (χ0n) is 12.4. The van der Waals surface area contributed by atoms with Crippen LogP contribution in [-0.4, -0.2) is 32.1 Å². The number of nitrogens with zero attached hydrogens (tertiary/aromatic N) is 1. The summed E-state index contributed by atoms with van der Waals surface area (Å²) in [5.74, 6) is 0. The smallest absolute Gasteiger partial charge is 0.0361 e. The van der Waals surface area contributed by atoms with Crippen molar-refractivity contribution in [1.82, 2.24) is 10.2 Å². The first-order valence-corrected chi connectivity index (χ1v) is 7.22. The molecule has 0 unspecified atom stereocenters. The molecule has 0 spiro atoms. The number of benzene rings is 2. The summed E-state index contributed by atoms with van der Waals surface area (Å²) in [6, 6.07) is 21.8. The van der Waals surface area contributed by atoms with E-state index in [4.69, 9.17) is 0 Å². The summed E-state index contributed by atoms with van der Waals surface area (Å²) >= 11 is 0. The van der Waals surface area contributed by atoms with E-state index in [1.54, 1.807) is 0 Å². The highest BCUT2D eigenvalue weighted by atomic mass is 15.1. The van der Waals surface area contributed by atoms with Gasteiger partial charge in [0.2, 0.25) is 0 Å². The van der Waals surface area contributed by atoms with Gasteiger partial charge in [-0.25, -0.2) is 0 Å². The van der Waals surface area contributed by atoms with Gasteiger partial charge in [-0.2, -0.15) is 0 Å². The Kier molecular flexibility index (Phi) is 5.78. The highest BCUT2D eigenvalue weighted by Crippen LogP contribution is 2.18. The summed E-state index contributed by atoms with van der Waals surface area (Å²) in [5, 5.41) is 3.67. The van der Waals surface area contributed by atoms with Crippen molar-refractivity contribution in [1.29, 1.82) is 0 Å². The second-order valence-corrected chi connectivity index (χ2v) is 5.41. The van der Waals surface area contributed by atoms with E-state index in [0.717, 1.165) is 19.5 Å². The zero-order valence-corrected chi connectivity index (χ0v) is 12.4. The van der Waals surface area contributed by atoms with Crippen molar-refractivity contribution in [2.45, 2.75) is 12.5 Å². The minimum absolute atomic E-state index is 0.374. The third-order valence-corrected chi connectivity index (χ3v) is 3.43. The summed E-state index contributed by atoms with van der Waals surface area (Å²) < 4.78 is 0. The summed E-state index contributed by atoms with van der Waals surface area (Å²) in [7, 11) is 4.22. The molecule has 2 rings (SSSR count). The fourth-order valence-corrected chi connectivity index (χ4v) is 2.31. The van der Waals surface area contributed by atoms with E-state index in [1.165, 1.54) is 11.1 Å². The number of hydrogen-bond acceptors (Lipinski definition) is 2. The second-order valence-electron chi connectivity index (χ2n) is 5.41. The molecule has 0 aliphatic rings. The Labute approximate surface area is 122 Å². The molecule has 2 aromatic rings. The molecule has 0 saturated carbocycles. The van der Waals surface area contributed by atoms with Crippen molar-refractivity contribution >= 4 is 0 Å². The molecule has 0 fully saturated rings. The van der Waals surface area contributed by atoms with Crippen molar-refractivity contribution in [2.24, 2.45) is 0 Å². The van der Waals surface area contributed by atoms with Crippen LogP contribution < -0.4 is 5.32 Å². The molecule has 0 amide bonds. The number of rotatable bonds is 7. The monoisotopic (exact) mass is 268 g/mol. The summed E-state index contributed by atoms with van der Waals surface area (Å²) in [4.78, 5) is 2.21. The first kappa shape index (κ1) is 14.8. The van der Waals surface area contributed by atoms with Gasteiger partial charge in [0.05, 0.1) is 0 Å². The van der Waals surface area contributed by atoms with E-state index in [2.05, 4.69) is 85.0 Å². The predicted molar refractivity (Wildman–Crippen MR) is 85.9 cm³/mol. The van der Waals surface area contributed by atoms with Crippen molar-refractivity contribution in [3.05, 3.63) is 71.8 Å². The Morgan fingerprint density at radius 2 is 1.50 bits per heavy atom. The lowest BCUT2D eigenvalue weighted by atomic mass is 9.99. The molecule has 0 heterocycles. The number of nitrogens with one attached hydrogen (secondary N) is 1. The highest BCUT2D eigenvalue weighted by Gasteiger charge is 2.11. The average molecular weight is 268 g/mol. The van der Waals surface area contributed by atoms with E-state index < -0.39 is 0 Å². The topological polar surface area (TPSA) is 15.3 Å². The Bertz CT molecular complexity index is 479. The highest BCUT2D eigenvalue weighted by molar-refractivity contribution is 5.23. The Hall–Kier alpha value is -1.64. The van der Waals surface area contributed by atoms with Gasteiger partial charge < -0.3 is 10.2 Å². The molecule has 0 aromatic heterocycles. The summed E-state index contributed by atoms with van der Waals surface area (Å²) in [6.07, 6.45) is 1.03. The fraction of sp³-hybridized carbons (Fsp3) is 0.333. The van der Waals surface area contributed by atoms with Crippen molar-refractivity contribution in [2.75, 3.05) is 27.2 Å². The van der Waals surface area contributed by atoms with Crippen LogP contribution in [0, 0.1) is 0 Å². The molecule has 2 nitrogen and oxygen atoms in total. The molecule has 0 radical (unpaired) electrons. The third kappa shape index (κ3) is 4.80. The van der Waals surface area contributed by atoms with Crippen LogP contribution >= 0.6 is 0 Å². The van der Waals surface area contributed by atoms with Gasteiger partial charge in [0, 0.05) is 19.1 Å². The molecular formula is C18H24N2. The van der Waals surface area contributed by atoms with Crippen LogP contribution in [0.4, 0.5) is 0 Å². The van der Waals surface area contributed by atoms with Crippen LogP contribution in [0.2, 0.25) is 0 Å². The first-order chi connectivity index (χ1) is 9.75. The lowest BCUT2D eigenvalue weighted by Crippen LogP contribution is -2.30. The summed E-state index contributed by atoms with van der Waals surface area (Å²) in [6.45, 7) is 2.05. The van der Waals surface area contributed by atoms with E-state index in [-0.39, 0.29) is 0 Å². The maximum Gasteiger partial charge on any atom is 0.0361 e. The predicted octanol–water partition coefficient (Wildman–Crippen LogP) is 3.12. The minimum atomic E-state index is 0.374. The maximum absolute atomic E-state index is 3.67. The Balaban J connectivity index is 2.04. The Morgan fingerprint density at radius 1 is 0.900 bits per heavy atom. The number of likely N-dealkylation sites (N-methyl/N-ethyl adjacent to an activating group) is 1. The van der Waals surface area contributed by atoms with Crippen molar-refractivity contribution in [3.63, 3.8) is 0 Å². The molecule has 2 aromatic carbocycles. The maximum atomic E-state index is 3.67. The number of hydrogen-bond donors (Lipinski definition) is 1. The Morgan fingerprint density at radius 3 is 2.10 bits per heavy atom. The minimum Gasteiger partial charge on any atom is -0.308 e. The van der Waals surface area contributed by atoms with Crippen molar-refractivity contribution in [3.8, 4) is 0 Å². The standard InChI is InChI=1S/C18H24N2/c1-20(2)14-13-19-18(17-11-7-4-8-12-17)15-16-9-5-3-6-10-16/h3-12,18-19H,13-15H2,1-2H3/t18-/m0/s1. The SMILES string of the molecule is CN(C)CCN[C@@H](Cc1ccccc1)c1ccccc1. The normalized spacial score (nSPS) is 12.6.